The molecule has 238 valence electrons. The van der Waals surface area contributed by atoms with E-state index in [0.717, 1.165) is 5.56 Å². The van der Waals surface area contributed by atoms with Gasteiger partial charge in [0.2, 0.25) is 11.9 Å². The number of morpholine rings is 1. The van der Waals surface area contributed by atoms with Crippen molar-refractivity contribution in [2.75, 3.05) is 43.3 Å². The number of sulfone groups is 1. The minimum Gasteiger partial charge on any atom is -0.377 e. The van der Waals surface area contributed by atoms with E-state index in [4.69, 9.17) is 74.1 Å². The topological polar surface area (TPSA) is 120 Å². The van der Waals surface area contributed by atoms with Gasteiger partial charge in [-0.1, -0.05) is 0 Å². The third-order valence-electron chi connectivity index (χ3n) is 6.40. The molecule has 0 aliphatic carbocycles. The zero-order valence-electron chi connectivity index (χ0n) is 61.4. The van der Waals surface area contributed by atoms with Gasteiger partial charge in [0.25, 0.3) is 0 Å². The van der Waals surface area contributed by atoms with Gasteiger partial charge in [0.15, 0.2) is 9.84 Å². The Morgan fingerprint density at radius 2 is 2.03 bits per heavy atom. The van der Waals surface area contributed by atoms with Crippen molar-refractivity contribution in [3.63, 3.8) is 0 Å². The summed E-state index contributed by atoms with van der Waals surface area (Å²) in [5.74, 6) is 0.879. The lowest BCUT2D eigenvalue weighted by Crippen LogP contribution is -2.44. The number of nitrogens with one attached hydrogen (secondary N) is 1. The number of aryl methyl sites for hydroxylation is 1. The van der Waals surface area contributed by atoms with Crippen molar-refractivity contribution in [3.05, 3.63) is 41.5 Å². The van der Waals surface area contributed by atoms with E-state index < -0.39 is 9.84 Å². The fraction of sp³-hybridized carbons (Fsp3) is 0.417. The molecular formula is C24H71FN8O3S. The monoisotopic (exact) mass is 612 g/mol. The van der Waals surface area contributed by atoms with Crippen LogP contribution in [0.4, 0.5) is 16.2 Å². The Kier molecular flexibility index (Phi) is 2.70. The van der Waals surface area contributed by atoms with Crippen molar-refractivity contribution in [1.29, 1.82) is 0 Å². The van der Waals surface area contributed by atoms with Gasteiger partial charge in [-0.15, -0.1) is 0 Å². The van der Waals surface area contributed by atoms with Crippen LogP contribution in [0.25, 0.3) is 28.2 Å². The third kappa shape index (κ3) is 4.76. The number of ether oxygens (including phenoxy) is 1. The van der Waals surface area contributed by atoms with Crippen LogP contribution >= 0.6 is 0 Å². The first-order valence-corrected chi connectivity index (χ1v) is 13.9. The second kappa shape index (κ2) is 9.38. The van der Waals surface area contributed by atoms with Crippen LogP contribution in [0, 0.1) is 19.7 Å². The van der Waals surface area contributed by atoms with Crippen molar-refractivity contribution >= 4 is 32.6 Å². The lowest BCUT2D eigenvalue weighted by atomic mass is 10.1. The molecule has 1 aliphatic rings. The summed E-state index contributed by atoms with van der Waals surface area (Å²) in [5, 5.41) is 7.54. The van der Waals surface area contributed by atoms with Gasteiger partial charge in [0.1, 0.15) is 17.5 Å². The molecule has 1 saturated heterocycles. The molecule has 4 heterocycles. The summed E-state index contributed by atoms with van der Waals surface area (Å²) in [6.07, 6.45) is 1.18. The first kappa shape index (κ1) is 10.7. The Hall–Kier alpha value is -3.58. The first-order chi connectivity index (χ1) is 37.6. The number of imidazole rings is 1. The number of rotatable bonds is 6. The summed E-state index contributed by atoms with van der Waals surface area (Å²) in [7, 11) is -1.58. The third-order valence-corrected chi connectivity index (χ3v) is 7.11. The van der Waals surface area contributed by atoms with E-state index in [1.54, 1.807) is 17.7 Å². The molecular weight excluding hydrogens is 499 g/mol. The molecule has 1 fully saturated rings. The maximum atomic E-state index is 14.0. The highest BCUT2D eigenvalue weighted by Gasteiger charge is 2.26. The number of aromatic nitrogens is 6. The van der Waals surface area contributed by atoms with Crippen LogP contribution in [0.1, 0.15) is 79.1 Å². The molecule has 1 aliphatic heterocycles. The maximum Gasteiger partial charge on any atom is 0.239 e. The minimum atomic E-state index is -3.30. The predicted octanol–water partition coefficient (Wildman–Crippen LogP) is 7.87. The molecule has 1 aromatic carbocycles. The highest BCUT2D eigenvalue weighted by Crippen LogP contribution is 2.32. The Morgan fingerprint density at radius 1 is 1.24 bits per heavy atom. The maximum absolute atomic E-state index is 14.0. The van der Waals surface area contributed by atoms with E-state index in [-0.39, 0.29) is 19.2 Å². The molecule has 37 heavy (non-hydrogen) atoms. The Bertz CT molecular complexity index is 1680. The van der Waals surface area contributed by atoms with Gasteiger partial charge in [-0.2, -0.15) is 10.1 Å². The zero-order valence-corrected chi connectivity index (χ0v) is 22.2. The van der Waals surface area contributed by atoms with Crippen LogP contribution in [0.5, 0.6) is 0 Å². The van der Waals surface area contributed by atoms with E-state index in [1.165, 1.54) is 23.1 Å². The van der Waals surface area contributed by atoms with Gasteiger partial charge in [0, 0.05) is 104 Å². The normalized spacial score (nSPS) is 20.8. The smallest absolute Gasteiger partial charge is 0.239 e. The van der Waals surface area contributed by atoms with Gasteiger partial charge in [-0.3, -0.25) is 4.68 Å². The lowest BCUT2D eigenvalue weighted by molar-refractivity contribution is 0.0985. The van der Waals surface area contributed by atoms with E-state index >= 15 is 0 Å². The number of benzene rings is 1. The number of nitrogens with zero attached hydrogens (tertiary/aromatic N) is 7. The average Bonchev–Trinajstić information content (AvgIpc) is 4.06. The summed E-state index contributed by atoms with van der Waals surface area (Å²) < 4.78 is 247. The summed E-state index contributed by atoms with van der Waals surface area (Å²) in [6.45, 7) is 7.50. The van der Waals surface area contributed by atoms with E-state index in [2.05, 4.69) is 27.2 Å². The number of hydrogen-bond acceptors (Lipinski definition) is 9. The molecule has 1 atom stereocenters. The lowest BCUT2D eigenvalue weighted by Gasteiger charge is -2.34. The van der Waals surface area contributed by atoms with Crippen LogP contribution in [-0.2, 0) is 20.5 Å². The van der Waals surface area contributed by atoms with Crippen LogP contribution in [0.2, 0.25) is 0 Å². The van der Waals surface area contributed by atoms with Crippen molar-refractivity contribution < 1.29 is 78.4 Å². The summed E-state index contributed by atoms with van der Waals surface area (Å²) in [5.41, 5.74) is 3.77. The molecule has 0 unspecified atom stereocenters. The SMILES string of the molecule is CNc1nc2cc(F)ccc2n1-c1nc(-c2c(C)nn(CS(C)(=O)=O)c2C)cc(N2CCOC[C@H]2C)n1.[2HH].[2H][2H].[2H][2H].[2H][2H].[2H][2H].[2H][2H].[2H][2H].[2H][2H].[2H][2H].[2H][2H].[2H][2H].[2H][2H].[2H][2H].[2H][2H].[2H][2H].[2H][2H].[2H][2H].[2H][2H].[2H][2H].[2H][2H].[2H][2H]. The number of halogens is 1. The number of anilines is 2. The van der Waals surface area contributed by atoms with Crippen LogP contribution in [0.3, 0.4) is 0 Å². The second-order valence-electron chi connectivity index (χ2n) is 9.28. The Labute approximate surface area is 277 Å². The predicted molar refractivity (Wildman–Crippen MR) is 184 cm³/mol. The Balaban J connectivity index is -0.0000000514. The highest BCUT2D eigenvalue weighted by atomic mass is 32.2. The zero-order chi connectivity index (χ0) is 66.5. The highest BCUT2D eigenvalue weighted by molar-refractivity contribution is 7.89. The Morgan fingerprint density at radius 3 is 2.73 bits per heavy atom. The molecule has 11 nitrogen and oxygen atoms in total. The van der Waals surface area contributed by atoms with Gasteiger partial charge in [0.05, 0.1) is 41.7 Å². The number of hydrogen-bond donors (Lipinski definition) is 1. The molecule has 13 heteroatoms. The van der Waals surface area contributed by atoms with Crippen LogP contribution < -0.4 is 10.2 Å². The van der Waals surface area contributed by atoms with Crippen molar-refractivity contribution in [2.45, 2.75) is 32.7 Å². The first-order valence-electron chi connectivity index (χ1n) is 31.9. The molecule has 1 N–H and O–H groups in total. The molecule has 5 rings (SSSR count). The van der Waals surface area contributed by atoms with E-state index in [0.29, 0.717) is 65.6 Å². The van der Waals surface area contributed by atoms with Gasteiger partial charge in [-0.05, 0) is 32.9 Å². The fourth-order valence-corrected chi connectivity index (χ4v) is 5.40. The molecule has 0 amide bonds. The van der Waals surface area contributed by atoms with Crippen LogP contribution in [0.15, 0.2) is 24.3 Å². The number of fused-ring (bicyclic) bond motifs is 1. The van der Waals surface area contributed by atoms with Gasteiger partial charge >= 0.3 is 0 Å². The molecule has 4 aromatic rings. The molecule has 0 saturated carbocycles. The average molecular weight is 612 g/mol. The fourth-order valence-electron chi connectivity index (χ4n) is 4.70. The summed E-state index contributed by atoms with van der Waals surface area (Å²) in [6, 6.07) is 6.36. The summed E-state index contributed by atoms with van der Waals surface area (Å²) >= 11 is 0. The molecule has 0 spiro atoms. The van der Waals surface area contributed by atoms with E-state index in [1.807, 2.05) is 19.9 Å². The van der Waals surface area contributed by atoms with Crippen LogP contribution in [-0.4, -0.2) is 76.8 Å². The summed E-state index contributed by atoms with van der Waals surface area (Å²) in [4.78, 5) is 16.5. The molecule has 0 bridgehead atoms. The molecule has 3 aromatic heterocycles. The quantitative estimate of drug-likeness (QED) is 0.232. The van der Waals surface area contributed by atoms with E-state index in [9.17, 15) is 12.8 Å². The minimum absolute atomic E-state index is 0. The standard InChI is InChI=1S/C24H29FN8O3S.21H2/c1-14-12-36-9-8-31(14)21-11-19(22-15(2)30-32(16(22)3)13-37(5,34)35)28-24(29-21)33-20-7-6-17(25)10-18(20)27-23(33)26-4;;;;;;;;;;;;;;;;;;;;;/h6-7,10-11,14H,8-9,12-13H2,1-5H3,(H,26,27);21*1H/t14-;;;;;;;;;;;;;;;;;;;;;/m1...................../s1/i;20*1+1D;1+1. The van der Waals surface area contributed by atoms with Crippen molar-refractivity contribution in [2.24, 2.45) is 0 Å². The molecule has 0 radical (unpaired) electrons. The van der Waals surface area contributed by atoms with Gasteiger partial charge in [-0.25, -0.2) is 27.3 Å². The van der Waals surface area contributed by atoms with Crippen molar-refractivity contribution in [3.8, 4) is 17.2 Å². The van der Waals surface area contributed by atoms with Crippen molar-refractivity contribution in [1.82, 2.24) is 29.3 Å². The second-order valence-corrected chi connectivity index (χ2v) is 11.4. The van der Waals surface area contributed by atoms with Gasteiger partial charge < -0.3 is 15.0 Å². The largest absolute Gasteiger partial charge is 0.377 e.